The molecule has 0 aliphatic rings. The molecule has 0 aliphatic heterocycles. The van der Waals surface area contributed by atoms with E-state index in [2.05, 4.69) is 53.6 Å². The number of ether oxygens (including phenoxy) is 1. The normalized spacial score (nSPS) is 12.7. The summed E-state index contributed by atoms with van der Waals surface area (Å²) in [4.78, 5) is 11.5. The number of benzene rings is 1. The minimum atomic E-state index is 0.457. The molecule has 0 bridgehead atoms. The number of hydrogen-bond donors (Lipinski definition) is 1. The van der Waals surface area contributed by atoms with E-state index in [1.54, 1.807) is 18.4 Å². The topological polar surface area (TPSA) is 49.8 Å². The Balaban J connectivity index is 1.92. The number of aromatic nitrogens is 1. The van der Waals surface area contributed by atoms with Crippen LogP contribution in [0.25, 0.3) is 0 Å². The van der Waals surface area contributed by atoms with Crippen molar-refractivity contribution in [3.63, 3.8) is 0 Å². The van der Waals surface area contributed by atoms with E-state index in [-0.39, 0.29) is 0 Å². The Bertz CT molecular complexity index is 696. The van der Waals surface area contributed by atoms with E-state index in [9.17, 15) is 0 Å². The van der Waals surface area contributed by atoms with Gasteiger partial charge in [-0.05, 0) is 43.9 Å². The summed E-state index contributed by atoms with van der Waals surface area (Å²) < 4.78 is 5.23. The van der Waals surface area contributed by atoms with Crippen LogP contribution in [0.1, 0.15) is 42.5 Å². The van der Waals surface area contributed by atoms with Gasteiger partial charge in [0.1, 0.15) is 5.75 Å². The first-order valence-corrected chi connectivity index (χ1v) is 9.95. The highest BCUT2D eigenvalue weighted by atomic mass is 32.1. The molecular weight excluding hydrogens is 344 g/mol. The van der Waals surface area contributed by atoms with Crippen LogP contribution >= 0.6 is 11.3 Å². The third kappa shape index (κ3) is 6.02. The van der Waals surface area contributed by atoms with Gasteiger partial charge in [0.15, 0.2) is 5.96 Å². The smallest absolute Gasteiger partial charge is 0.194 e. The van der Waals surface area contributed by atoms with Gasteiger partial charge in [-0.1, -0.05) is 19.1 Å². The van der Waals surface area contributed by atoms with Crippen molar-refractivity contribution in [2.45, 2.75) is 39.7 Å². The predicted molar refractivity (Wildman–Crippen MR) is 110 cm³/mol. The monoisotopic (exact) mass is 374 g/mol. The molecule has 0 amide bonds. The summed E-state index contributed by atoms with van der Waals surface area (Å²) >= 11 is 1.69. The molecule has 1 N–H and O–H groups in total. The molecule has 1 unspecified atom stereocenters. The SMILES string of the molecule is CCNC(=NCCC(C)c1ccc(OC)cc1)N(C)Cc1csc(C)n1. The summed E-state index contributed by atoms with van der Waals surface area (Å²) in [5.74, 6) is 2.28. The van der Waals surface area contributed by atoms with E-state index in [1.165, 1.54) is 5.56 Å². The zero-order valence-electron chi connectivity index (χ0n) is 16.5. The number of aryl methyl sites for hydroxylation is 1. The van der Waals surface area contributed by atoms with Gasteiger partial charge in [0.2, 0.25) is 0 Å². The molecule has 1 atom stereocenters. The molecule has 142 valence electrons. The van der Waals surface area contributed by atoms with Crippen LogP contribution in [0.15, 0.2) is 34.6 Å². The molecule has 6 heteroatoms. The van der Waals surface area contributed by atoms with Gasteiger partial charge in [0.25, 0.3) is 0 Å². The number of rotatable bonds is 8. The second kappa shape index (κ2) is 10.2. The Morgan fingerprint density at radius 3 is 2.65 bits per heavy atom. The highest BCUT2D eigenvalue weighted by molar-refractivity contribution is 7.09. The summed E-state index contributed by atoms with van der Waals surface area (Å²) in [6.45, 7) is 8.78. The second-order valence-electron chi connectivity index (χ2n) is 6.41. The molecule has 2 rings (SSSR count). The maximum absolute atomic E-state index is 5.23. The van der Waals surface area contributed by atoms with Gasteiger partial charge in [-0.2, -0.15) is 0 Å². The number of methoxy groups -OCH3 is 1. The van der Waals surface area contributed by atoms with Crippen molar-refractivity contribution < 1.29 is 4.74 Å². The minimum absolute atomic E-state index is 0.457. The van der Waals surface area contributed by atoms with Gasteiger partial charge >= 0.3 is 0 Å². The van der Waals surface area contributed by atoms with Crippen LogP contribution in [0.5, 0.6) is 5.75 Å². The Labute approximate surface area is 161 Å². The van der Waals surface area contributed by atoms with Crippen molar-refractivity contribution in [2.75, 3.05) is 27.2 Å². The third-order valence-electron chi connectivity index (χ3n) is 4.27. The molecule has 0 fully saturated rings. The number of nitrogens with one attached hydrogen (secondary N) is 1. The van der Waals surface area contributed by atoms with E-state index in [4.69, 9.17) is 9.73 Å². The van der Waals surface area contributed by atoms with E-state index in [0.29, 0.717) is 5.92 Å². The number of thiazole rings is 1. The van der Waals surface area contributed by atoms with E-state index in [0.717, 1.165) is 48.5 Å². The number of nitrogens with zero attached hydrogens (tertiary/aromatic N) is 3. The number of aliphatic imine (C=N–C) groups is 1. The molecule has 0 radical (unpaired) electrons. The third-order valence-corrected chi connectivity index (χ3v) is 5.09. The molecule has 1 aromatic heterocycles. The van der Waals surface area contributed by atoms with Gasteiger partial charge in [-0.15, -0.1) is 11.3 Å². The van der Waals surface area contributed by atoms with Crippen LogP contribution in [-0.4, -0.2) is 43.1 Å². The molecule has 1 aromatic carbocycles. The highest BCUT2D eigenvalue weighted by Gasteiger charge is 2.10. The van der Waals surface area contributed by atoms with Crippen molar-refractivity contribution in [3.8, 4) is 5.75 Å². The maximum atomic E-state index is 5.23. The molecule has 0 saturated heterocycles. The van der Waals surface area contributed by atoms with Crippen LogP contribution in [-0.2, 0) is 6.54 Å². The molecular formula is C20H30N4OS. The summed E-state index contributed by atoms with van der Waals surface area (Å²) in [5, 5.41) is 6.59. The van der Waals surface area contributed by atoms with Gasteiger partial charge in [-0.25, -0.2) is 4.98 Å². The lowest BCUT2D eigenvalue weighted by atomic mass is 9.98. The van der Waals surface area contributed by atoms with Crippen molar-refractivity contribution in [1.82, 2.24) is 15.2 Å². The standard InChI is InChI=1S/C20H30N4OS/c1-6-21-20(24(4)13-18-14-26-16(3)23-18)22-12-11-15(2)17-7-9-19(25-5)10-8-17/h7-10,14-15H,6,11-13H2,1-5H3,(H,21,22). The van der Waals surface area contributed by atoms with Crippen molar-refractivity contribution in [3.05, 3.63) is 45.9 Å². The lowest BCUT2D eigenvalue weighted by Gasteiger charge is -2.21. The fourth-order valence-corrected chi connectivity index (χ4v) is 3.34. The summed E-state index contributed by atoms with van der Waals surface area (Å²) in [6, 6.07) is 8.30. The number of hydrogen-bond acceptors (Lipinski definition) is 4. The van der Waals surface area contributed by atoms with Gasteiger partial charge < -0.3 is 15.0 Å². The first-order valence-electron chi connectivity index (χ1n) is 9.07. The fourth-order valence-electron chi connectivity index (χ4n) is 2.73. The van der Waals surface area contributed by atoms with Crippen LogP contribution in [0.3, 0.4) is 0 Å². The second-order valence-corrected chi connectivity index (χ2v) is 7.47. The molecule has 0 saturated carbocycles. The Hall–Kier alpha value is -2.08. The molecule has 0 aliphatic carbocycles. The molecule has 0 spiro atoms. The zero-order chi connectivity index (χ0) is 18.9. The van der Waals surface area contributed by atoms with Crippen LogP contribution < -0.4 is 10.1 Å². The van der Waals surface area contributed by atoms with E-state index < -0.39 is 0 Å². The van der Waals surface area contributed by atoms with Crippen LogP contribution in [0, 0.1) is 6.92 Å². The first-order chi connectivity index (χ1) is 12.5. The largest absolute Gasteiger partial charge is 0.497 e. The van der Waals surface area contributed by atoms with E-state index in [1.807, 2.05) is 19.1 Å². The summed E-state index contributed by atoms with van der Waals surface area (Å²) in [5.41, 5.74) is 2.41. The van der Waals surface area contributed by atoms with Crippen LogP contribution in [0.2, 0.25) is 0 Å². The van der Waals surface area contributed by atoms with Gasteiger partial charge in [-0.3, -0.25) is 4.99 Å². The fraction of sp³-hybridized carbons (Fsp3) is 0.500. The predicted octanol–water partition coefficient (Wildman–Crippen LogP) is 4.05. The average molecular weight is 375 g/mol. The Morgan fingerprint density at radius 1 is 1.35 bits per heavy atom. The minimum Gasteiger partial charge on any atom is -0.497 e. The van der Waals surface area contributed by atoms with Crippen molar-refractivity contribution in [2.24, 2.45) is 4.99 Å². The number of guanidine groups is 1. The quantitative estimate of drug-likeness (QED) is 0.559. The van der Waals surface area contributed by atoms with Crippen LogP contribution in [0.4, 0.5) is 0 Å². The zero-order valence-corrected chi connectivity index (χ0v) is 17.3. The molecule has 1 heterocycles. The van der Waals surface area contributed by atoms with Crippen molar-refractivity contribution >= 4 is 17.3 Å². The van der Waals surface area contributed by atoms with E-state index >= 15 is 0 Å². The molecule has 2 aromatic rings. The highest BCUT2D eigenvalue weighted by Crippen LogP contribution is 2.21. The lowest BCUT2D eigenvalue weighted by molar-refractivity contribution is 0.414. The molecule has 26 heavy (non-hydrogen) atoms. The maximum Gasteiger partial charge on any atom is 0.194 e. The van der Waals surface area contributed by atoms with Gasteiger partial charge in [0, 0.05) is 25.5 Å². The average Bonchev–Trinajstić information content (AvgIpc) is 3.05. The Morgan fingerprint density at radius 2 is 2.08 bits per heavy atom. The summed E-state index contributed by atoms with van der Waals surface area (Å²) in [7, 11) is 3.75. The summed E-state index contributed by atoms with van der Waals surface area (Å²) in [6.07, 6.45) is 1.00. The Kier molecular flexibility index (Phi) is 7.91. The lowest BCUT2D eigenvalue weighted by Crippen LogP contribution is -2.38. The molecule has 5 nitrogen and oxygen atoms in total. The van der Waals surface area contributed by atoms with Gasteiger partial charge in [0.05, 0.1) is 24.4 Å². The first kappa shape index (κ1) is 20.2. The van der Waals surface area contributed by atoms with Crippen molar-refractivity contribution in [1.29, 1.82) is 0 Å².